The fourth-order valence-corrected chi connectivity index (χ4v) is 3.57. The molecule has 1 aliphatic rings. The Hall–Kier alpha value is -1.52. The van der Waals surface area contributed by atoms with Gasteiger partial charge < -0.3 is 9.73 Å². The SMILES string of the molecule is Cc1c(C(=O)NCC(C)(C)N2CCCCC2)oc2ccc(Cl)cc12. The number of amides is 1. The molecule has 2 aromatic rings. The van der Waals surface area contributed by atoms with Crippen molar-refractivity contribution in [1.82, 2.24) is 10.2 Å². The summed E-state index contributed by atoms with van der Waals surface area (Å²) in [6.07, 6.45) is 3.78. The van der Waals surface area contributed by atoms with E-state index in [-0.39, 0.29) is 11.4 Å². The zero-order valence-corrected chi connectivity index (χ0v) is 15.4. The number of piperidine rings is 1. The molecule has 2 heterocycles. The molecule has 0 aliphatic carbocycles. The molecule has 0 spiro atoms. The second-order valence-electron chi connectivity index (χ2n) is 7.24. The number of nitrogens with one attached hydrogen (secondary N) is 1. The molecule has 1 saturated heterocycles. The van der Waals surface area contributed by atoms with Crippen molar-refractivity contribution in [3.63, 3.8) is 0 Å². The van der Waals surface area contributed by atoms with Gasteiger partial charge in [0.2, 0.25) is 0 Å². The Balaban J connectivity index is 1.72. The van der Waals surface area contributed by atoms with E-state index in [0.717, 1.165) is 24.0 Å². The van der Waals surface area contributed by atoms with Gasteiger partial charge >= 0.3 is 0 Å². The molecule has 1 N–H and O–H groups in total. The van der Waals surface area contributed by atoms with Crippen LogP contribution in [0.15, 0.2) is 22.6 Å². The Morgan fingerprint density at radius 1 is 1.29 bits per heavy atom. The van der Waals surface area contributed by atoms with Crippen LogP contribution in [0.1, 0.15) is 49.2 Å². The Morgan fingerprint density at radius 3 is 2.71 bits per heavy atom. The maximum Gasteiger partial charge on any atom is 0.287 e. The van der Waals surface area contributed by atoms with Crippen molar-refractivity contribution in [2.45, 2.75) is 45.6 Å². The van der Waals surface area contributed by atoms with Crippen LogP contribution >= 0.6 is 11.6 Å². The smallest absolute Gasteiger partial charge is 0.287 e. The molecular weight excluding hydrogens is 324 g/mol. The number of benzene rings is 1. The first-order valence-corrected chi connectivity index (χ1v) is 8.98. The van der Waals surface area contributed by atoms with Crippen molar-refractivity contribution in [1.29, 1.82) is 0 Å². The first-order valence-electron chi connectivity index (χ1n) is 8.60. The number of hydrogen-bond donors (Lipinski definition) is 1. The highest BCUT2D eigenvalue weighted by Crippen LogP contribution is 2.28. The summed E-state index contributed by atoms with van der Waals surface area (Å²) in [4.78, 5) is 15.1. The standard InChI is InChI=1S/C19H25ClN2O2/c1-13-15-11-14(20)7-8-16(15)24-17(13)18(23)21-12-19(2,3)22-9-5-4-6-10-22/h7-8,11H,4-6,9-10,12H2,1-3H3,(H,21,23). The first-order chi connectivity index (χ1) is 11.4. The Kier molecular flexibility index (Phi) is 4.88. The number of halogens is 1. The molecule has 5 heteroatoms. The van der Waals surface area contributed by atoms with E-state index in [9.17, 15) is 4.79 Å². The number of carbonyl (C=O) groups excluding carboxylic acids is 1. The number of carbonyl (C=O) groups is 1. The summed E-state index contributed by atoms with van der Waals surface area (Å²) in [6, 6.07) is 5.41. The quantitative estimate of drug-likeness (QED) is 0.891. The van der Waals surface area contributed by atoms with Crippen LogP contribution < -0.4 is 5.32 Å². The molecule has 1 fully saturated rings. The molecule has 130 valence electrons. The van der Waals surface area contributed by atoms with Gasteiger partial charge in [-0.15, -0.1) is 0 Å². The maximum atomic E-state index is 12.6. The molecule has 3 rings (SSSR count). The van der Waals surface area contributed by atoms with Crippen LogP contribution in [0.2, 0.25) is 5.02 Å². The topological polar surface area (TPSA) is 45.5 Å². The first kappa shape index (κ1) is 17.3. The van der Waals surface area contributed by atoms with Gasteiger partial charge in [0.05, 0.1) is 0 Å². The molecule has 24 heavy (non-hydrogen) atoms. The highest BCUT2D eigenvalue weighted by Gasteiger charge is 2.29. The number of furan rings is 1. The van der Waals surface area contributed by atoms with Gasteiger partial charge in [0.1, 0.15) is 5.58 Å². The van der Waals surface area contributed by atoms with Gasteiger partial charge in [-0.3, -0.25) is 9.69 Å². The number of rotatable bonds is 4. The Morgan fingerprint density at radius 2 is 2.00 bits per heavy atom. The minimum absolute atomic E-state index is 0.0562. The van der Waals surface area contributed by atoms with E-state index >= 15 is 0 Å². The summed E-state index contributed by atoms with van der Waals surface area (Å²) in [5.41, 5.74) is 1.47. The van der Waals surface area contributed by atoms with Crippen molar-refractivity contribution in [2.75, 3.05) is 19.6 Å². The monoisotopic (exact) mass is 348 g/mol. The van der Waals surface area contributed by atoms with E-state index in [1.807, 2.05) is 13.0 Å². The van der Waals surface area contributed by atoms with E-state index in [1.54, 1.807) is 12.1 Å². The minimum Gasteiger partial charge on any atom is -0.451 e. The lowest BCUT2D eigenvalue weighted by Gasteiger charge is -2.41. The van der Waals surface area contributed by atoms with Gasteiger partial charge in [-0.1, -0.05) is 18.0 Å². The predicted octanol–water partition coefficient (Wildman–Crippen LogP) is 4.39. The Bertz CT molecular complexity index is 745. The molecule has 1 aromatic carbocycles. The number of aryl methyl sites for hydroxylation is 1. The van der Waals surface area contributed by atoms with Crippen molar-refractivity contribution in [3.8, 4) is 0 Å². The largest absolute Gasteiger partial charge is 0.451 e. The van der Waals surface area contributed by atoms with Gasteiger partial charge in [-0.2, -0.15) is 0 Å². The third-order valence-electron chi connectivity index (χ3n) is 5.00. The van der Waals surface area contributed by atoms with Crippen molar-refractivity contribution < 1.29 is 9.21 Å². The summed E-state index contributed by atoms with van der Waals surface area (Å²) >= 11 is 6.04. The van der Waals surface area contributed by atoms with Gasteiger partial charge in [0.25, 0.3) is 5.91 Å². The van der Waals surface area contributed by atoms with Crippen LogP contribution in [0.3, 0.4) is 0 Å². The molecule has 0 bridgehead atoms. The summed E-state index contributed by atoms with van der Waals surface area (Å²) in [7, 11) is 0. The lowest BCUT2D eigenvalue weighted by Crippen LogP contribution is -2.53. The zero-order valence-electron chi connectivity index (χ0n) is 14.6. The van der Waals surface area contributed by atoms with Crippen LogP contribution in [0, 0.1) is 6.92 Å². The second kappa shape index (κ2) is 6.77. The molecule has 0 unspecified atom stereocenters. The van der Waals surface area contributed by atoms with E-state index in [0.29, 0.717) is 22.9 Å². The van der Waals surface area contributed by atoms with E-state index in [1.165, 1.54) is 19.3 Å². The summed E-state index contributed by atoms with van der Waals surface area (Å²) < 4.78 is 5.74. The maximum absolute atomic E-state index is 12.6. The highest BCUT2D eigenvalue weighted by molar-refractivity contribution is 6.31. The van der Waals surface area contributed by atoms with Crippen molar-refractivity contribution in [2.24, 2.45) is 0 Å². The minimum atomic E-state index is -0.162. The third kappa shape index (κ3) is 3.45. The molecule has 1 aliphatic heterocycles. The van der Waals surface area contributed by atoms with Gasteiger partial charge in [0.15, 0.2) is 5.76 Å². The summed E-state index contributed by atoms with van der Waals surface area (Å²) in [5, 5.41) is 4.58. The molecule has 0 saturated carbocycles. The lowest BCUT2D eigenvalue weighted by molar-refractivity contribution is 0.0780. The fraction of sp³-hybridized carbons (Fsp3) is 0.526. The average molecular weight is 349 g/mol. The fourth-order valence-electron chi connectivity index (χ4n) is 3.40. The van der Waals surface area contributed by atoms with Gasteiger partial charge in [-0.25, -0.2) is 0 Å². The number of nitrogens with zero attached hydrogens (tertiary/aromatic N) is 1. The normalized spacial score (nSPS) is 16.5. The molecule has 1 aromatic heterocycles. The predicted molar refractivity (Wildman–Crippen MR) is 97.8 cm³/mol. The van der Waals surface area contributed by atoms with Crippen LogP contribution in [-0.2, 0) is 0 Å². The number of hydrogen-bond acceptors (Lipinski definition) is 3. The molecular formula is C19H25ClN2O2. The molecule has 0 atom stereocenters. The van der Waals surface area contributed by atoms with Crippen LogP contribution in [-0.4, -0.2) is 36.0 Å². The van der Waals surface area contributed by atoms with E-state index in [2.05, 4.69) is 24.1 Å². The highest BCUT2D eigenvalue weighted by atomic mass is 35.5. The third-order valence-corrected chi connectivity index (χ3v) is 5.23. The van der Waals surface area contributed by atoms with Crippen LogP contribution in [0.25, 0.3) is 11.0 Å². The summed E-state index contributed by atoms with van der Waals surface area (Å²) in [6.45, 7) is 9.07. The average Bonchev–Trinajstić information content (AvgIpc) is 2.90. The number of likely N-dealkylation sites (tertiary alicyclic amines) is 1. The second-order valence-corrected chi connectivity index (χ2v) is 7.68. The number of fused-ring (bicyclic) bond motifs is 1. The molecule has 0 radical (unpaired) electrons. The van der Waals surface area contributed by atoms with E-state index < -0.39 is 0 Å². The van der Waals surface area contributed by atoms with Crippen LogP contribution in [0.5, 0.6) is 0 Å². The molecule has 1 amide bonds. The van der Waals surface area contributed by atoms with Crippen molar-refractivity contribution >= 4 is 28.5 Å². The van der Waals surface area contributed by atoms with E-state index in [4.69, 9.17) is 16.0 Å². The van der Waals surface area contributed by atoms with Gasteiger partial charge in [-0.05, 0) is 64.9 Å². The Labute approximate surface area is 148 Å². The molecule has 4 nitrogen and oxygen atoms in total. The van der Waals surface area contributed by atoms with Crippen molar-refractivity contribution in [3.05, 3.63) is 34.5 Å². The van der Waals surface area contributed by atoms with Gasteiger partial charge in [0, 0.05) is 28.1 Å². The lowest BCUT2D eigenvalue weighted by atomic mass is 9.98. The summed E-state index contributed by atoms with van der Waals surface area (Å²) in [5.74, 6) is 0.214. The van der Waals surface area contributed by atoms with Crippen LogP contribution in [0.4, 0.5) is 0 Å². The zero-order chi connectivity index (χ0) is 17.3.